The molecule has 0 radical (unpaired) electrons. The largest absolute Gasteiger partial charge is 0.271 e. The van der Waals surface area contributed by atoms with Gasteiger partial charge in [-0.1, -0.05) is 56.9 Å². The number of benzene rings is 1. The molecular weight excluding hydrogens is 232 g/mol. The molecule has 0 amide bonds. The van der Waals surface area contributed by atoms with Crippen LogP contribution in [0.3, 0.4) is 0 Å². The minimum Gasteiger partial charge on any atom is -0.271 e. The second-order valence-electron chi connectivity index (χ2n) is 6.02. The molecule has 1 aromatic carbocycles. The predicted octanol–water partition coefficient (Wildman–Crippen LogP) is 3.59. The molecule has 0 saturated heterocycles. The van der Waals surface area contributed by atoms with Crippen molar-refractivity contribution in [2.24, 2.45) is 17.7 Å². The summed E-state index contributed by atoms with van der Waals surface area (Å²) in [5.41, 5.74) is 5.93. The number of hydrogen-bond donors (Lipinski definition) is 2. The molecule has 0 heterocycles. The van der Waals surface area contributed by atoms with Gasteiger partial charge in [-0.2, -0.15) is 0 Å². The van der Waals surface area contributed by atoms with E-state index < -0.39 is 0 Å². The fourth-order valence-electron chi connectivity index (χ4n) is 3.68. The van der Waals surface area contributed by atoms with Crippen LogP contribution in [0.2, 0.25) is 0 Å². The molecule has 3 atom stereocenters. The van der Waals surface area contributed by atoms with Crippen molar-refractivity contribution in [1.82, 2.24) is 5.43 Å². The van der Waals surface area contributed by atoms with Gasteiger partial charge >= 0.3 is 0 Å². The highest BCUT2D eigenvalue weighted by Gasteiger charge is 2.30. The first kappa shape index (κ1) is 14.5. The fourth-order valence-corrected chi connectivity index (χ4v) is 3.68. The molecule has 3 N–H and O–H groups in total. The minimum atomic E-state index is 0.423. The van der Waals surface area contributed by atoms with E-state index in [9.17, 15) is 0 Å². The van der Waals surface area contributed by atoms with Crippen molar-refractivity contribution in [3.8, 4) is 0 Å². The first-order chi connectivity index (χ1) is 9.26. The summed E-state index contributed by atoms with van der Waals surface area (Å²) in [6.07, 6.45) is 7.83. The molecule has 0 aliphatic heterocycles. The van der Waals surface area contributed by atoms with Crippen LogP contribution in [0.25, 0.3) is 0 Å². The van der Waals surface area contributed by atoms with Gasteiger partial charge in [-0.15, -0.1) is 0 Å². The number of hydrazine groups is 1. The molecule has 106 valence electrons. The minimum absolute atomic E-state index is 0.423. The van der Waals surface area contributed by atoms with Gasteiger partial charge in [0.2, 0.25) is 0 Å². The van der Waals surface area contributed by atoms with Gasteiger partial charge < -0.3 is 0 Å². The van der Waals surface area contributed by atoms with Crippen molar-refractivity contribution in [2.45, 2.75) is 58.4 Å². The third kappa shape index (κ3) is 3.58. The molecule has 1 aliphatic carbocycles. The Kier molecular flexibility index (Phi) is 5.41. The maximum Gasteiger partial charge on any atom is 0.0281 e. The van der Waals surface area contributed by atoms with E-state index in [2.05, 4.69) is 43.5 Å². The summed E-state index contributed by atoms with van der Waals surface area (Å²) in [4.78, 5) is 0. The Hall–Kier alpha value is -0.860. The van der Waals surface area contributed by atoms with Gasteiger partial charge in [-0.25, -0.2) is 0 Å². The van der Waals surface area contributed by atoms with Crippen LogP contribution in [0.5, 0.6) is 0 Å². The van der Waals surface area contributed by atoms with E-state index in [1.165, 1.54) is 43.2 Å². The second-order valence-corrected chi connectivity index (χ2v) is 6.02. The summed E-state index contributed by atoms with van der Waals surface area (Å²) in [5.74, 6) is 7.45. The van der Waals surface area contributed by atoms with Gasteiger partial charge in [0, 0.05) is 6.04 Å². The Morgan fingerprint density at radius 1 is 1.26 bits per heavy atom. The van der Waals surface area contributed by atoms with Crippen LogP contribution in [-0.4, -0.2) is 6.04 Å². The fraction of sp³-hybridized carbons (Fsp3) is 0.647. The molecule has 0 bridgehead atoms. The highest BCUT2D eigenvalue weighted by Crippen LogP contribution is 2.35. The van der Waals surface area contributed by atoms with E-state index >= 15 is 0 Å². The zero-order valence-corrected chi connectivity index (χ0v) is 12.4. The molecule has 1 aliphatic rings. The zero-order chi connectivity index (χ0) is 13.7. The van der Waals surface area contributed by atoms with E-state index in [1.54, 1.807) is 0 Å². The maximum atomic E-state index is 5.87. The summed E-state index contributed by atoms with van der Waals surface area (Å²) in [7, 11) is 0. The van der Waals surface area contributed by atoms with E-state index in [0.717, 1.165) is 18.3 Å². The van der Waals surface area contributed by atoms with Crippen molar-refractivity contribution in [2.75, 3.05) is 0 Å². The van der Waals surface area contributed by atoms with Gasteiger partial charge in [-0.3, -0.25) is 11.3 Å². The standard InChI is InChI=1S/C17H28N2/c1-3-14-9-6-7-11-16(14)17(19-18)12-15-10-5-4-8-13(15)2/h4-5,8,10,14,16-17,19H,3,6-7,9,11-12,18H2,1-2H3. The average molecular weight is 260 g/mol. The monoisotopic (exact) mass is 260 g/mol. The Morgan fingerprint density at radius 3 is 2.68 bits per heavy atom. The van der Waals surface area contributed by atoms with Crippen LogP contribution >= 0.6 is 0 Å². The molecule has 1 aromatic rings. The van der Waals surface area contributed by atoms with Crippen LogP contribution in [0.15, 0.2) is 24.3 Å². The lowest BCUT2D eigenvalue weighted by Gasteiger charge is -2.37. The van der Waals surface area contributed by atoms with Crippen LogP contribution in [0.4, 0.5) is 0 Å². The lowest BCUT2D eigenvalue weighted by Crippen LogP contribution is -2.46. The average Bonchev–Trinajstić information content (AvgIpc) is 2.46. The Morgan fingerprint density at radius 2 is 2.00 bits per heavy atom. The van der Waals surface area contributed by atoms with E-state index in [1.807, 2.05) is 0 Å². The van der Waals surface area contributed by atoms with Gasteiger partial charge in [0.15, 0.2) is 0 Å². The highest BCUT2D eigenvalue weighted by molar-refractivity contribution is 5.26. The van der Waals surface area contributed by atoms with Crippen LogP contribution in [-0.2, 0) is 6.42 Å². The summed E-state index contributed by atoms with van der Waals surface area (Å²) in [6.45, 7) is 4.52. The normalized spacial score (nSPS) is 25.2. The van der Waals surface area contributed by atoms with Gasteiger partial charge in [0.1, 0.15) is 0 Å². The molecule has 19 heavy (non-hydrogen) atoms. The Bertz CT molecular complexity index is 389. The van der Waals surface area contributed by atoms with Gasteiger partial charge in [0.05, 0.1) is 0 Å². The zero-order valence-electron chi connectivity index (χ0n) is 12.4. The SMILES string of the molecule is CCC1CCCCC1C(Cc1ccccc1C)NN. The van der Waals surface area contributed by atoms with E-state index in [0.29, 0.717) is 6.04 Å². The third-order valence-corrected chi connectivity index (χ3v) is 4.92. The number of nitrogens with two attached hydrogens (primary N) is 1. The smallest absolute Gasteiger partial charge is 0.0281 e. The van der Waals surface area contributed by atoms with E-state index in [-0.39, 0.29) is 0 Å². The first-order valence-electron chi connectivity index (χ1n) is 7.77. The number of rotatable bonds is 5. The molecule has 2 nitrogen and oxygen atoms in total. The van der Waals surface area contributed by atoms with Crippen molar-refractivity contribution < 1.29 is 0 Å². The Balaban J connectivity index is 2.08. The molecule has 3 unspecified atom stereocenters. The second kappa shape index (κ2) is 7.06. The van der Waals surface area contributed by atoms with Crippen molar-refractivity contribution in [3.63, 3.8) is 0 Å². The Labute approximate surface area is 117 Å². The van der Waals surface area contributed by atoms with E-state index in [4.69, 9.17) is 5.84 Å². The van der Waals surface area contributed by atoms with Crippen molar-refractivity contribution in [1.29, 1.82) is 0 Å². The summed E-state index contributed by atoms with van der Waals surface area (Å²) in [5, 5.41) is 0. The molecule has 1 fully saturated rings. The van der Waals surface area contributed by atoms with Gasteiger partial charge in [-0.05, 0) is 42.7 Å². The molecule has 1 saturated carbocycles. The third-order valence-electron chi connectivity index (χ3n) is 4.92. The van der Waals surface area contributed by atoms with Gasteiger partial charge in [0.25, 0.3) is 0 Å². The summed E-state index contributed by atoms with van der Waals surface area (Å²) < 4.78 is 0. The lowest BCUT2D eigenvalue weighted by molar-refractivity contribution is 0.174. The number of aryl methyl sites for hydroxylation is 1. The molecular formula is C17H28N2. The quantitative estimate of drug-likeness (QED) is 0.627. The molecule has 2 rings (SSSR count). The van der Waals surface area contributed by atoms with Crippen LogP contribution in [0.1, 0.15) is 50.2 Å². The summed E-state index contributed by atoms with van der Waals surface area (Å²) >= 11 is 0. The lowest BCUT2D eigenvalue weighted by atomic mass is 9.72. The highest BCUT2D eigenvalue weighted by atomic mass is 15.2. The number of hydrogen-bond acceptors (Lipinski definition) is 2. The molecule has 2 heteroatoms. The summed E-state index contributed by atoms with van der Waals surface area (Å²) in [6, 6.07) is 9.10. The number of nitrogens with one attached hydrogen (secondary N) is 1. The van der Waals surface area contributed by atoms with Crippen LogP contribution in [0, 0.1) is 18.8 Å². The van der Waals surface area contributed by atoms with Crippen LogP contribution < -0.4 is 11.3 Å². The van der Waals surface area contributed by atoms with Crippen molar-refractivity contribution >= 4 is 0 Å². The molecule has 0 aromatic heterocycles. The predicted molar refractivity (Wildman–Crippen MR) is 81.7 cm³/mol. The first-order valence-corrected chi connectivity index (χ1v) is 7.77. The maximum absolute atomic E-state index is 5.87. The van der Waals surface area contributed by atoms with Crippen molar-refractivity contribution in [3.05, 3.63) is 35.4 Å². The topological polar surface area (TPSA) is 38.0 Å². The molecule has 0 spiro atoms.